The van der Waals surface area contributed by atoms with Crippen molar-refractivity contribution in [1.82, 2.24) is 4.98 Å². The highest BCUT2D eigenvalue weighted by atomic mass is 16.6. The van der Waals surface area contributed by atoms with E-state index >= 15 is 0 Å². The molecule has 1 aromatic heterocycles. The SMILES string of the molecule is CC1CCC(C(C)C)C(OC(=O)COc2ccc([N+](=O)[O-])c3cccnc23)C1. The minimum atomic E-state index is -0.460. The second-order valence-electron chi connectivity index (χ2n) is 7.88. The molecule has 7 nitrogen and oxygen atoms in total. The maximum absolute atomic E-state index is 12.4. The van der Waals surface area contributed by atoms with E-state index in [9.17, 15) is 14.9 Å². The summed E-state index contributed by atoms with van der Waals surface area (Å²) in [6.07, 6.45) is 4.54. The predicted octanol–water partition coefficient (Wildman–Crippen LogP) is 4.53. The quantitative estimate of drug-likeness (QED) is 0.412. The van der Waals surface area contributed by atoms with Crippen LogP contribution in [0.1, 0.15) is 40.0 Å². The van der Waals surface area contributed by atoms with Gasteiger partial charge >= 0.3 is 5.97 Å². The molecule has 28 heavy (non-hydrogen) atoms. The molecule has 1 aliphatic carbocycles. The molecular weight excluding hydrogens is 360 g/mol. The number of nitro groups is 1. The fraction of sp³-hybridized carbons (Fsp3) is 0.524. The monoisotopic (exact) mass is 386 g/mol. The van der Waals surface area contributed by atoms with Gasteiger partial charge in [-0.25, -0.2) is 4.79 Å². The molecule has 1 aromatic carbocycles. The first kappa shape index (κ1) is 20.0. The summed E-state index contributed by atoms with van der Waals surface area (Å²) in [5, 5.41) is 11.6. The van der Waals surface area contributed by atoms with E-state index in [1.165, 1.54) is 18.3 Å². The maximum Gasteiger partial charge on any atom is 0.344 e. The van der Waals surface area contributed by atoms with Gasteiger partial charge in [0.25, 0.3) is 5.69 Å². The van der Waals surface area contributed by atoms with Crippen LogP contribution < -0.4 is 4.74 Å². The minimum Gasteiger partial charge on any atom is -0.480 e. The molecule has 3 atom stereocenters. The summed E-state index contributed by atoms with van der Waals surface area (Å²) in [6.45, 7) is 6.25. The summed E-state index contributed by atoms with van der Waals surface area (Å²) >= 11 is 0. The Morgan fingerprint density at radius 1 is 1.32 bits per heavy atom. The molecule has 7 heteroatoms. The molecule has 0 radical (unpaired) electrons. The third kappa shape index (κ3) is 4.40. The van der Waals surface area contributed by atoms with Gasteiger partial charge in [0.1, 0.15) is 17.4 Å². The van der Waals surface area contributed by atoms with E-state index in [0.717, 1.165) is 19.3 Å². The van der Waals surface area contributed by atoms with Gasteiger partial charge in [0, 0.05) is 12.3 Å². The van der Waals surface area contributed by atoms with Crippen molar-refractivity contribution in [2.24, 2.45) is 17.8 Å². The zero-order chi connectivity index (χ0) is 20.3. The van der Waals surface area contributed by atoms with Crippen molar-refractivity contribution >= 4 is 22.6 Å². The second-order valence-corrected chi connectivity index (χ2v) is 7.88. The van der Waals surface area contributed by atoms with E-state index < -0.39 is 10.9 Å². The molecule has 0 N–H and O–H groups in total. The average molecular weight is 386 g/mol. The van der Waals surface area contributed by atoms with Crippen LogP contribution in [-0.4, -0.2) is 28.6 Å². The van der Waals surface area contributed by atoms with Gasteiger partial charge in [-0.2, -0.15) is 0 Å². The van der Waals surface area contributed by atoms with Gasteiger partial charge in [0.05, 0.1) is 10.3 Å². The Kier molecular flexibility index (Phi) is 6.11. The Bertz CT molecular complexity index is 867. The molecule has 150 valence electrons. The Hall–Kier alpha value is -2.70. The number of pyridine rings is 1. The number of nitro benzene ring substituents is 1. The van der Waals surface area contributed by atoms with Crippen molar-refractivity contribution in [1.29, 1.82) is 0 Å². The van der Waals surface area contributed by atoms with Gasteiger partial charge in [-0.05, 0) is 48.8 Å². The van der Waals surface area contributed by atoms with Crippen LogP contribution in [0.2, 0.25) is 0 Å². The molecule has 2 aromatic rings. The molecule has 3 unspecified atom stereocenters. The first-order valence-electron chi connectivity index (χ1n) is 9.71. The van der Waals surface area contributed by atoms with Crippen LogP contribution in [-0.2, 0) is 9.53 Å². The lowest BCUT2D eigenvalue weighted by Crippen LogP contribution is -2.36. The number of benzene rings is 1. The van der Waals surface area contributed by atoms with Gasteiger partial charge < -0.3 is 9.47 Å². The Morgan fingerprint density at radius 2 is 2.11 bits per heavy atom. The third-order valence-electron chi connectivity index (χ3n) is 5.50. The van der Waals surface area contributed by atoms with Gasteiger partial charge in [-0.1, -0.05) is 27.2 Å². The lowest BCUT2D eigenvalue weighted by Gasteiger charge is -2.36. The Balaban J connectivity index is 1.69. The van der Waals surface area contributed by atoms with Crippen LogP contribution in [0.3, 0.4) is 0 Å². The number of aromatic nitrogens is 1. The summed E-state index contributed by atoms with van der Waals surface area (Å²) < 4.78 is 11.4. The van der Waals surface area contributed by atoms with Crippen LogP contribution in [0.4, 0.5) is 5.69 Å². The van der Waals surface area contributed by atoms with Crippen molar-refractivity contribution in [3.05, 3.63) is 40.6 Å². The average Bonchev–Trinajstić information content (AvgIpc) is 2.65. The summed E-state index contributed by atoms with van der Waals surface area (Å²) in [5.41, 5.74) is 0.310. The molecule has 1 saturated carbocycles. The van der Waals surface area contributed by atoms with Crippen molar-refractivity contribution in [2.75, 3.05) is 6.61 Å². The fourth-order valence-electron chi connectivity index (χ4n) is 4.00. The van der Waals surface area contributed by atoms with E-state index in [2.05, 4.69) is 25.8 Å². The topological polar surface area (TPSA) is 91.6 Å². The molecule has 1 aliphatic rings. The van der Waals surface area contributed by atoms with Gasteiger partial charge in [0.15, 0.2) is 6.61 Å². The smallest absolute Gasteiger partial charge is 0.344 e. The van der Waals surface area contributed by atoms with Gasteiger partial charge in [0.2, 0.25) is 0 Å². The van der Waals surface area contributed by atoms with Crippen LogP contribution in [0.15, 0.2) is 30.5 Å². The summed E-state index contributed by atoms with van der Waals surface area (Å²) in [5.74, 6) is 1.26. The van der Waals surface area contributed by atoms with E-state index in [1.54, 1.807) is 12.1 Å². The normalized spacial score (nSPS) is 22.2. The number of fused-ring (bicyclic) bond motifs is 1. The standard InChI is InChI=1S/C21H26N2O5/c1-13(2)15-7-6-14(3)11-19(15)28-20(24)12-27-18-9-8-17(23(25)26)16-5-4-10-22-21(16)18/h4-5,8-10,13-15,19H,6-7,11-12H2,1-3H3. The fourth-order valence-corrected chi connectivity index (χ4v) is 4.00. The number of carbonyl (C=O) groups excluding carboxylic acids is 1. The van der Waals surface area contributed by atoms with Crippen LogP contribution in [0.5, 0.6) is 5.75 Å². The third-order valence-corrected chi connectivity index (χ3v) is 5.50. The van der Waals surface area contributed by atoms with Gasteiger partial charge in [-0.15, -0.1) is 0 Å². The molecule has 0 spiro atoms. The highest BCUT2D eigenvalue weighted by Crippen LogP contribution is 2.35. The molecule has 0 saturated heterocycles. The first-order chi connectivity index (χ1) is 13.4. The van der Waals surface area contributed by atoms with Crippen LogP contribution in [0, 0.1) is 27.9 Å². The van der Waals surface area contributed by atoms with E-state index in [-0.39, 0.29) is 18.4 Å². The van der Waals surface area contributed by atoms with Crippen molar-refractivity contribution in [2.45, 2.75) is 46.1 Å². The van der Waals surface area contributed by atoms with Crippen molar-refractivity contribution in [3.63, 3.8) is 0 Å². The maximum atomic E-state index is 12.4. The Labute approximate surface area is 164 Å². The van der Waals surface area contributed by atoms with Crippen molar-refractivity contribution in [3.8, 4) is 5.75 Å². The number of carbonyl (C=O) groups is 1. The van der Waals surface area contributed by atoms with Crippen LogP contribution in [0.25, 0.3) is 10.9 Å². The minimum absolute atomic E-state index is 0.0472. The number of hydrogen-bond acceptors (Lipinski definition) is 6. The lowest BCUT2D eigenvalue weighted by molar-refractivity contribution is -0.383. The van der Waals surface area contributed by atoms with E-state index in [4.69, 9.17) is 9.47 Å². The van der Waals surface area contributed by atoms with E-state index in [1.807, 2.05) is 0 Å². The van der Waals surface area contributed by atoms with Crippen molar-refractivity contribution < 1.29 is 19.2 Å². The summed E-state index contributed by atoms with van der Waals surface area (Å²) in [4.78, 5) is 27.3. The molecule has 0 amide bonds. The molecule has 0 aliphatic heterocycles. The number of ether oxygens (including phenoxy) is 2. The second kappa shape index (κ2) is 8.54. The van der Waals surface area contributed by atoms with Gasteiger partial charge in [-0.3, -0.25) is 15.1 Å². The number of hydrogen-bond donors (Lipinski definition) is 0. The molecule has 0 bridgehead atoms. The summed E-state index contributed by atoms with van der Waals surface area (Å²) in [6, 6.07) is 6.08. The summed E-state index contributed by atoms with van der Waals surface area (Å²) in [7, 11) is 0. The largest absolute Gasteiger partial charge is 0.480 e. The Morgan fingerprint density at radius 3 is 2.82 bits per heavy atom. The molecular formula is C21H26N2O5. The lowest BCUT2D eigenvalue weighted by atomic mass is 9.75. The highest BCUT2D eigenvalue weighted by molar-refractivity contribution is 5.92. The molecule has 3 rings (SSSR count). The van der Waals surface area contributed by atoms with Crippen LogP contribution >= 0.6 is 0 Å². The zero-order valence-corrected chi connectivity index (χ0v) is 16.5. The zero-order valence-electron chi connectivity index (χ0n) is 16.5. The number of non-ortho nitro benzene ring substituents is 1. The molecule has 1 heterocycles. The predicted molar refractivity (Wildman–Crippen MR) is 105 cm³/mol. The van der Waals surface area contributed by atoms with E-state index in [0.29, 0.717) is 34.4 Å². The highest BCUT2D eigenvalue weighted by Gasteiger charge is 2.33. The number of nitrogens with zero attached hydrogens (tertiary/aromatic N) is 2. The number of rotatable bonds is 6. The number of esters is 1. The molecule has 1 fully saturated rings. The first-order valence-corrected chi connectivity index (χ1v) is 9.71.